The first-order chi connectivity index (χ1) is 10.7. The van der Waals surface area contributed by atoms with E-state index in [-0.39, 0.29) is 16.4 Å². The highest BCUT2D eigenvalue weighted by Crippen LogP contribution is 2.38. The van der Waals surface area contributed by atoms with Crippen LogP contribution in [0.25, 0.3) is 0 Å². The highest BCUT2D eigenvalue weighted by molar-refractivity contribution is 7.90. The van der Waals surface area contributed by atoms with Gasteiger partial charge < -0.3 is 9.84 Å². The third kappa shape index (κ3) is 3.72. The Morgan fingerprint density at radius 1 is 1.26 bits per heavy atom. The summed E-state index contributed by atoms with van der Waals surface area (Å²) in [6.45, 7) is 0. The van der Waals surface area contributed by atoms with Crippen LogP contribution in [0, 0.1) is 10.1 Å². The molecule has 9 heteroatoms. The number of hydrogen-bond acceptors (Lipinski definition) is 6. The Kier molecular flexibility index (Phi) is 4.76. The molecule has 1 N–H and O–H groups in total. The first-order valence-corrected chi connectivity index (χ1v) is 8.30. The van der Waals surface area contributed by atoms with E-state index in [1.165, 1.54) is 7.11 Å². The Bertz CT molecular complexity index is 848. The monoisotopic (exact) mass is 357 g/mol. The van der Waals surface area contributed by atoms with E-state index in [0.717, 1.165) is 12.1 Å². The van der Waals surface area contributed by atoms with Gasteiger partial charge in [0.15, 0.2) is 15.6 Å². The van der Waals surface area contributed by atoms with Crippen molar-refractivity contribution >= 4 is 27.1 Å². The van der Waals surface area contributed by atoms with Crippen LogP contribution in [0.3, 0.4) is 0 Å². The Morgan fingerprint density at radius 2 is 1.87 bits per heavy atom. The van der Waals surface area contributed by atoms with E-state index >= 15 is 0 Å². The molecule has 0 amide bonds. The van der Waals surface area contributed by atoms with Gasteiger partial charge in [-0.15, -0.1) is 0 Å². The second-order valence-corrected chi connectivity index (χ2v) is 7.06. The molecule has 0 aliphatic heterocycles. The van der Waals surface area contributed by atoms with Gasteiger partial charge in [-0.25, -0.2) is 8.42 Å². The lowest BCUT2D eigenvalue weighted by atomic mass is 10.2. The van der Waals surface area contributed by atoms with Crippen molar-refractivity contribution in [2.24, 2.45) is 0 Å². The molecule has 2 aromatic carbocycles. The Balaban J connectivity index is 2.48. The smallest absolute Gasteiger partial charge is 0.315 e. The summed E-state index contributed by atoms with van der Waals surface area (Å²) >= 11 is 5.74. The minimum Gasteiger partial charge on any atom is -0.500 e. The van der Waals surface area contributed by atoms with Crippen LogP contribution in [-0.2, 0) is 15.6 Å². The van der Waals surface area contributed by atoms with Crippen LogP contribution in [-0.4, -0.2) is 25.6 Å². The number of ether oxygens (including phenoxy) is 1. The van der Waals surface area contributed by atoms with Crippen molar-refractivity contribution in [2.45, 2.75) is 10.6 Å². The zero-order valence-corrected chi connectivity index (χ0v) is 13.5. The third-order valence-corrected chi connectivity index (χ3v) is 4.99. The fourth-order valence-electron chi connectivity index (χ4n) is 1.93. The molecule has 2 aromatic rings. The largest absolute Gasteiger partial charge is 0.500 e. The number of sulfone groups is 1. The van der Waals surface area contributed by atoms with E-state index in [1.807, 2.05) is 0 Å². The summed E-state index contributed by atoms with van der Waals surface area (Å²) in [6, 6.07) is 8.05. The average Bonchev–Trinajstić information content (AvgIpc) is 2.49. The molecule has 0 atom stereocenters. The van der Waals surface area contributed by atoms with Gasteiger partial charge in [-0.2, -0.15) is 0 Å². The highest BCUT2D eigenvalue weighted by Gasteiger charge is 2.25. The topological polar surface area (TPSA) is 107 Å². The molecule has 2 rings (SSSR count). The maximum absolute atomic E-state index is 12.4. The van der Waals surface area contributed by atoms with Gasteiger partial charge in [0.2, 0.25) is 5.75 Å². The van der Waals surface area contributed by atoms with Crippen molar-refractivity contribution in [1.82, 2.24) is 0 Å². The number of halogens is 1. The number of hydrogen-bond donors (Lipinski definition) is 1. The van der Waals surface area contributed by atoms with Gasteiger partial charge in [0, 0.05) is 17.2 Å². The van der Waals surface area contributed by atoms with Crippen LogP contribution in [0.5, 0.6) is 11.5 Å². The van der Waals surface area contributed by atoms with Gasteiger partial charge in [0.1, 0.15) is 0 Å². The minimum atomic E-state index is -3.87. The van der Waals surface area contributed by atoms with Crippen LogP contribution in [0.1, 0.15) is 5.56 Å². The van der Waals surface area contributed by atoms with E-state index in [1.54, 1.807) is 24.3 Å². The molecule has 0 bridgehead atoms. The molecule has 0 aromatic heterocycles. The van der Waals surface area contributed by atoms with Crippen molar-refractivity contribution in [3.63, 3.8) is 0 Å². The van der Waals surface area contributed by atoms with Gasteiger partial charge >= 0.3 is 5.69 Å². The number of nitrogens with zero attached hydrogens (tertiary/aromatic N) is 1. The molecule has 0 fully saturated rings. The fraction of sp³-hybridized carbons (Fsp3) is 0.143. The zero-order chi connectivity index (χ0) is 17.2. The van der Waals surface area contributed by atoms with E-state index in [0.29, 0.717) is 10.6 Å². The number of aromatic hydroxyl groups is 1. The van der Waals surface area contributed by atoms with Gasteiger partial charge in [0.05, 0.1) is 22.7 Å². The predicted octanol–water partition coefficient (Wildman–Crippen LogP) is 2.94. The van der Waals surface area contributed by atoms with Crippen molar-refractivity contribution in [1.29, 1.82) is 0 Å². The summed E-state index contributed by atoms with van der Waals surface area (Å²) in [5.41, 5.74) is -0.261. The molecule has 0 aliphatic carbocycles. The van der Waals surface area contributed by atoms with Crippen LogP contribution < -0.4 is 4.74 Å². The lowest BCUT2D eigenvalue weighted by Gasteiger charge is -2.09. The molecule has 0 aliphatic rings. The summed E-state index contributed by atoms with van der Waals surface area (Å²) in [5.74, 6) is -1.37. The van der Waals surface area contributed by atoms with Gasteiger partial charge in [-0.05, 0) is 17.7 Å². The molecule has 122 valence electrons. The van der Waals surface area contributed by atoms with Crippen molar-refractivity contribution in [3.05, 3.63) is 57.1 Å². The van der Waals surface area contributed by atoms with Crippen LogP contribution in [0.15, 0.2) is 41.3 Å². The second kappa shape index (κ2) is 6.43. The number of nitro groups is 1. The van der Waals surface area contributed by atoms with Gasteiger partial charge in [-0.1, -0.05) is 23.7 Å². The summed E-state index contributed by atoms with van der Waals surface area (Å²) in [4.78, 5) is 9.76. The third-order valence-electron chi connectivity index (χ3n) is 3.07. The van der Waals surface area contributed by atoms with E-state index in [2.05, 4.69) is 0 Å². The molecule has 0 saturated carbocycles. The van der Waals surface area contributed by atoms with Crippen molar-refractivity contribution < 1.29 is 23.2 Å². The number of nitro benzene ring substituents is 1. The number of benzene rings is 2. The number of phenols is 1. The highest BCUT2D eigenvalue weighted by atomic mass is 35.5. The summed E-state index contributed by atoms with van der Waals surface area (Å²) < 4.78 is 29.7. The molecule has 0 saturated heterocycles. The van der Waals surface area contributed by atoms with Gasteiger partial charge in [0.25, 0.3) is 0 Å². The predicted molar refractivity (Wildman–Crippen MR) is 83.7 cm³/mol. The number of phenolic OH excluding ortho intramolecular Hbond substituents is 1. The van der Waals surface area contributed by atoms with Crippen molar-refractivity contribution in [3.8, 4) is 11.5 Å². The SMILES string of the molecule is COc1cc(S(=O)(=O)Cc2ccc(Cl)cc2)cc([N+](=O)[O-])c1O. The van der Waals surface area contributed by atoms with Crippen LogP contribution >= 0.6 is 11.6 Å². The molecular formula is C14H12ClNO6S. The second-order valence-electron chi connectivity index (χ2n) is 4.64. The number of methoxy groups -OCH3 is 1. The lowest BCUT2D eigenvalue weighted by Crippen LogP contribution is -2.06. The molecule has 7 nitrogen and oxygen atoms in total. The van der Waals surface area contributed by atoms with Crippen LogP contribution in [0.4, 0.5) is 5.69 Å². The van der Waals surface area contributed by atoms with Crippen LogP contribution in [0.2, 0.25) is 5.02 Å². The quantitative estimate of drug-likeness (QED) is 0.651. The Morgan fingerprint density at radius 3 is 2.39 bits per heavy atom. The zero-order valence-electron chi connectivity index (χ0n) is 11.9. The Hall–Kier alpha value is -2.32. The lowest BCUT2D eigenvalue weighted by molar-refractivity contribution is -0.386. The summed E-state index contributed by atoms with van der Waals surface area (Å²) in [5, 5.41) is 21.1. The maximum atomic E-state index is 12.4. The molecule has 0 spiro atoms. The first kappa shape index (κ1) is 17.0. The van der Waals surface area contributed by atoms with Crippen molar-refractivity contribution in [2.75, 3.05) is 7.11 Å². The Labute approximate surface area is 137 Å². The molecule has 23 heavy (non-hydrogen) atoms. The number of rotatable bonds is 5. The summed E-state index contributed by atoms with van der Waals surface area (Å²) in [7, 11) is -2.70. The standard InChI is InChI=1S/C14H12ClNO6S/c1-22-13-7-11(6-12(14(13)17)16(18)19)23(20,21)8-9-2-4-10(15)5-3-9/h2-7,17H,8H2,1H3. The minimum absolute atomic E-state index is 0.283. The van der Waals surface area contributed by atoms with E-state index in [4.69, 9.17) is 16.3 Å². The maximum Gasteiger partial charge on any atom is 0.315 e. The molecule has 0 unspecified atom stereocenters. The normalized spacial score (nSPS) is 11.2. The summed E-state index contributed by atoms with van der Waals surface area (Å²) in [6.07, 6.45) is 0. The molecular weight excluding hydrogens is 346 g/mol. The van der Waals surface area contributed by atoms with Gasteiger partial charge in [-0.3, -0.25) is 10.1 Å². The molecule has 0 heterocycles. The van der Waals surface area contributed by atoms with E-state index in [9.17, 15) is 23.6 Å². The fourth-order valence-corrected chi connectivity index (χ4v) is 3.43. The molecule has 0 radical (unpaired) electrons. The first-order valence-electron chi connectivity index (χ1n) is 6.27. The average molecular weight is 358 g/mol. The van der Waals surface area contributed by atoms with E-state index < -0.39 is 26.2 Å².